The van der Waals surface area contributed by atoms with Crippen LogP contribution in [-0.4, -0.2) is 21.9 Å². The first-order chi connectivity index (χ1) is 9.54. The minimum absolute atomic E-state index is 0.0685. The van der Waals surface area contributed by atoms with Crippen LogP contribution in [0.5, 0.6) is 0 Å². The van der Waals surface area contributed by atoms with Gasteiger partial charge in [0.1, 0.15) is 0 Å². The lowest BCUT2D eigenvalue weighted by Crippen LogP contribution is -2.13. The first-order valence-electron chi connectivity index (χ1n) is 6.16. The summed E-state index contributed by atoms with van der Waals surface area (Å²) < 4.78 is 0.702. The van der Waals surface area contributed by atoms with E-state index < -0.39 is 0 Å². The number of carbonyl (C=O) groups is 1. The Kier molecular flexibility index (Phi) is 4.97. The highest BCUT2D eigenvalue weighted by molar-refractivity contribution is 8.01. The van der Waals surface area contributed by atoms with Crippen molar-refractivity contribution >= 4 is 39.8 Å². The van der Waals surface area contributed by atoms with Gasteiger partial charge in [-0.2, -0.15) is 0 Å². The molecule has 5 nitrogen and oxygen atoms in total. The van der Waals surface area contributed by atoms with Crippen molar-refractivity contribution in [1.82, 2.24) is 10.2 Å². The highest BCUT2D eigenvalue weighted by atomic mass is 32.2. The molecule has 0 aliphatic carbocycles. The third kappa shape index (κ3) is 4.21. The van der Waals surface area contributed by atoms with Gasteiger partial charge < -0.3 is 11.1 Å². The standard InChI is InChI=1S/C13H16N4OS2/c1-8(2)9-3-5-10(6-4-9)15-11(18)7-19-13-17-16-12(14)20-13/h3-6,8H,7H2,1-2H3,(H2,14,16)(H,15,18). The van der Waals surface area contributed by atoms with E-state index >= 15 is 0 Å². The first kappa shape index (κ1) is 14.8. The fourth-order valence-electron chi connectivity index (χ4n) is 1.55. The van der Waals surface area contributed by atoms with E-state index in [0.29, 0.717) is 21.1 Å². The minimum Gasteiger partial charge on any atom is -0.374 e. The minimum atomic E-state index is -0.0685. The predicted molar refractivity (Wildman–Crippen MR) is 84.2 cm³/mol. The van der Waals surface area contributed by atoms with Crippen LogP contribution in [0, 0.1) is 0 Å². The molecule has 20 heavy (non-hydrogen) atoms. The maximum Gasteiger partial charge on any atom is 0.234 e. The van der Waals surface area contributed by atoms with Crippen molar-refractivity contribution in [1.29, 1.82) is 0 Å². The van der Waals surface area contributed by atoms with Crippen LogP contribution in [0.4, 0.5) is 10.8 Å². The number of hydrogen-bond acceptors (Lipinski definition) is 6. The normalized spacial score (nSPS) is 10.8. The largest absolute Gasteiger partial charge is 0.374 e. The quantitative estimate of drug-likeness (QED) is 0.830. The summed E-state index contributed by atoms with van der Waals surface area (Å²) in [6, 6.07) is 7.89. The molecule has 7 heteroatoms. The Morgan fingerprint density at radius 3 is 2.60 bits per heavy atom. The van der Waals surface area contributed by atoms with Gasteiger partial charge >= 0.3 is 0 Å². The summed E-state index contributed by atoms with van der Waals surface area (Å²) >= 11 is 2.61. The SMILES string of the molecule is CC(C)c1ccc(NC(=O)CSc2nnc(N)s2)cc1. The summed E-state index contributed by atoms with van der Waals surface area (Å²) in [5.41, 5.74) is 7.53. The monoisotopic (exact) mass is 308 g/mol. The first-order valence-corrected chi connectivity index (χ1v) is 7.96. The number of rotatable bonds is 5. The third-order valence-electron chi connectivity index (χ3n) is 2.61. The molecular weight excluding hydrogens is 292 g/mol. The molecule has 0 atom stereocenters. The van der Waals surface area contributed by atoms with Crippen LogP contribution < -0.4 is 11.1 Å². The van der Waals surface area contributed by atoms with Gasteiger partial charge in [0, 0.05) is 5.69 Å². The fraction of sp³-hybridized carbons (Fsp3) is 0.308. The molecule has 1 amide bonds. The summed E-state index contributed by atoms with van der Waals surface area (Å²) in [5, 5.41) is 10.8. The van der Waals surface area contributed by atoms with Gasteiger partial charge in [-0.3, -0.25) is 4.79 Å². The van der Waals surface area contributed by atoms with Crippen molar-refractivity contribution in [3.8, 4) is 0 Å². The van der Waals surface area contributed by atoms with Gasteiger partial charge in [-0.15, -0.1) is 10.2 Å². The average molecular weight is 308 g/mol. The average Bonchev–Trinajstić information content (AvgIpc) is 2.83. The smallest absolute Gasteiger partial charge is 0.234 e. The van der Waals surface area contributed by atoms with E-state index in [0.717, 1.165) is 5.69 Å². The molecule has 2 rings (SSSR count). The summed E-state index contributed by atoms with van der Waals surface area (Å²) in [6.07, 6.45) is 0. The number of benzene rings is 1. The van der Waals surface area contributed by atoms with Gasteiger partial charge in [0.2, 0.25) is 11.0 Å². The molecule has 0 unspecified atom stereocenters. The molecule has 0 radical (unpaired) electrons. The molecular formula is C13H16N4OS2. The zero-order chi connectivity index (χ0) is 14.5. The second-order valence-corrected chi connectivity index (χ2v) is 6.75. The van der Waals surface area contributed by atoms with Gasteiger partial charge in [0.05, 0.1) is 5.75 Å². The summed E-state index contributed by atoms with van der Waals surface area (Å²) in [7, 11) is 0. The molecule has 0 aliphatic rings. The van der Waals surface area contributed by atoms with Crippen molar-refractivity contribution in [2.24, 2.45) is 0 Å². The summed E-state index contributed by atoms with van der Waals surface area (Å²) in [4.78, 5) is 11.8. The Bertz CT molecular complexity index is 580. The molecule has 3 N–H and O–H groups in total. The Hall–Kier alpha value is -1.60. The van der Waals surface area contributed by atoms with Crippen LogP contribution >= 0.6 is 23.1 Å². The molecule has 2 aromatic rings. The zero-order valence-electron chi connectivity index (χ0n) is 11.3. The lowest BCUT2D eigenvalue weighted by molar-refractivity contribution is -0.113. The topological polar surface area (TPSA) is 80.9 Å². The second kappa shape index (κ2) is 6.71. The zero-order valence-corrected chi connectivity index (χ0v) is 12.9. The fourth-order valence-corrected chi connectivity index (χ4v) is 2.99. The second-order valence-electron chi connectivity index (χ2n) is 4.52. The van der Waals surface area contributed by atoms with E-state index in [2.05, 4.69) is 29.4 Å². The Morgan fingerprint density at radius 2 is 2.05 bits per heavy atom. The van der Waals surface area contributed by atoms with Crippen LogP contribution in [0.15, 0.2) is 28.6 Å². The summed E-state index contributed by atoms with van der Waals surface area (Å²) in [5.74, 6) is 0.708. The van der Waals surface area contributed by atoms with E-state index in [1.54, 1.807) is 0 Å². The Balaban J connectivity index is 1.84. The van der Waals surface area contributed by atoms with Crippen molar-refractivity contribution in [3.05, 3.63) is 29.8 Å². The van der Waals surface area contributed by atoms with Crippen LogP contribution in [0.25, 0.3) is 0 Å². The van der Waals surface area contributed by atoms with Crippen molar-refractivity contribution in [3.63, 3.8) is 0 Å². The molecule has 1 heterocycles. The van der Waals surface area contributed by atoms with Crippen LogP contribution in [0.3, 0.4) is 0 Å². The van der Waals surface area contributed by atoms with Gasteiger partial charge in [-0.25, -0.2) is 0 Å². The van der Waals surface area contributed by atoms with Gasteiger partial charge in [-0.1, -0.05) is 49.1 Å². The lowest BCUT2D eigenvalue weighted by Gasteiger charge is -2.08. The Labute approximate surface area is 126 Å². The van der Waals surface area contributed by atoms with Gasteiger partial charge in [-0.05, 0) is 23.6 Å². The van der Waals surface area contributed by atoms with Gasteiger partial charge in [0.25, 0.3) is 0 Å². The number of hydrogen-bond donors (Lipinski definition) is 2. The number of carbonyl (C=O) groups excluding carboxylic acids is 1. The van der Waals surface area contributed by atoms with Crippen LogP contribution in [0.2, 0.25) is 0 Å². The Morgan fingerprint density at radius 1 is 1.35 bits per heavy atom. The third-order valence-corrected chi connectivity index (χ3v) is 4.50. The number of amides is 1. The molecule has 0 aliphatic heterocycles. The van der Waals surface area contributed by atoms with Crippen molar-refractivity contribution < 1.29 is 4.79 Å². The maximum atomic E-state index is 11.8. The van der Waals surface area contributed by atoms with Crippen LogP contribution in [0.1, 0.15) is 25.3 Å². The molecule has 106 valence electrons. The maximum absolute atomic E-state index is 11.8. The van der Waals surface area contributed by atoms with Crippen LogP contribution in [-0.2, 0) is 4.79 Å². The summed E-state index contributed by atoms with van der Waals surface area (Å²) in [6.45, 7) is 4.27. The molecule has 0 spiro atoms. The highest BCUT2D eigenvalue weighted by Gasteiger charge is 2.07. The highest BCUT2D eigenvalue weighted by Crippen LogP contribution is 2.23. The lowest BCUT2D eigenvalue weighted by atomic mass is 10.0. The number of nitrogens with two attached hydrogens (primary N) is 1. The molecule has 1 aromatic heterocycles. The number of anilines is 2. The number of nitrogens with one attached hydrogen (secondary N) is 1. The molecule has 0 saturated heterocycles. The van der Waals surface area contributed by atoms with E-state index in [4.69, 9.17) is 5.73 Å². The number of nitrogen functional groups attached to an aromatic ring is 1. The number of thioether (sulfide) groups is 1. The predicted octanol–water partition coefficient (Wildman–Crippen LogP) is 2.97. The van der Waals surface area contributed by atoms with Crippen molar-refractivity contribution in [2.75, 3.05) is 16.8 Å². The molecule has 1 aromatic carbocycles. The van der Waals surface area contributed by atoms with Crippen molar-refractivity contribution in [2.45, 2.75) is 24.1 Å². The van der Waals surface area contributed by atoms with E-state index in [9.17, 15) is 4.79 Å². The van der Waals surface area contributed by atoms with E-state index in [1.807, 2.05) is 24.3 Å². The number of aromatic nitrogens is 2. The molecule has 0 fully saturated rings. The molecule has 0 bridgehead atoms. The van der Waals surface area contributed by atoms with E-state index in [-0.39, 0.29) is 5.91 Å². The van der Waals surface area contributed by atoms with E-state index in [1.165, 1.54) is 28.7 Å². The molecule has 0 saturated carbocycles. The van der Waals surface area contributed by atoms with Gasteiger partial charge in [0.15, 0.2) is 4.34 Å². The number of nitrogens with zero attached hydrogens (tertiary/aromatic N) is 2.